The molecule has 0 aromatic carbocycles. The Morgan fingerprint density at radius 3 is 2.63 bits per heavy atom. The van der Waals surface area contributed by atoms with Crippen molar-refractivity contribution in [3.63, 3.8) is 0 Å². The molecule has 19 heavy (non-hydrogen) atoms. The van der Waals surface area contributed by atoms with Crippen molar-refractivity contribution in [1.29, 1.82) is 0 Å². The summed E-state index contributed by atoms with van der Waals surface area (Å²) in [7, 11) is -3.27. The Morgan fingerprint density at radius 2 is 2.05 bits per heavy atom. The number of hydrogen-bond acceptors (Lipinski definition) is 5. The first kappa shape index (κ1) is 14.0. The first-order valence-electron chi connectivity index (χ1n) is 5.57. The molecule has 0 aliphatic carbocycles. The third-order valence-corrected chi connectivity index (χ3v) is 6.38. The summed E-state index contributed by atoms with van der Waals surface area (Å²) in [4.78, 5) is 18.5. The van der Waals surface area contributed by atoms with Gasteiger partial charge < -0.3 is 4.98 Å². The van der Waals surface area contributed by atoms with E-state index in [4.69, 9.17) is 0 Å². The van der Waals surface area contributed by atoms with Crippen molar-refractivity contribution in [2.45, 2.75) is 18.6 Å². The van der Waals surface area contributed by atoms with E-state index in [0.29, 0.717) is 16.3 Å². The topological polar surface area (TPSA) is 79.9 Å². The molecule has 0 saturated carbocycles. The van der Waals surface area contributed by atoms with Crippen LogP contribution >= 0.6 is 11.3 Å². The lowest BCUT2D eigenvalue weighted by Crippen LogP contribution is -2.27. The molecule has 0 spiro atoms. The van der Waals surface area contributed by atoms with E-state index in [-0.39, 0.29) is 5.56 Å². The van der Waals surface area contributed by atoms with Gasteiger partial charge in [-0.2, -0.15) is 0 Å². The van der Waals surface area contributed by atoms with Crippen molar-refractivity contribution >= 4 is 21.2 Å². The lowest BCUT2D eigenvalue weighted by Gasteiger charge is -2.19. The number of aromatic nitrogens is 2. The molecule has 7 heteroatoms. The number of rotatable bonds is 3. The van der Waals surface area contributed by atoms with Gasteiger partial charge in [0.05, 0.1) is 11.3 Å². The number of nitrogens with zero attached hydrogens (tertiary/aromatic N) is 1. The molecule has 0 amide bonds. The number of hydrogen-bond donors (Lipinski definition) is 1. The normalized spacial score (nSPS) is 12.6. The van der Waals surface area contributed by atoms with Crippen molar-refractivity contribution in [3.8, 4) is 11.3 Å². The van der Waals surface area contributed by atoms with Crippen molar-refractivity contribution < 1.29 is 8.42 Å². The number of nitrogens with one attached hydrogen (secondary N) is 1. The van der Waals surface area contributed by atoms with E-state index < -0.39 is 14.6 Å². The quantitative estimate of drug-likeness (QED) is 0.936. The van der Waals surface area contributed by atoms with E-state index in [1.807, 2.05) is 0 Å². The maximum atomic E-state index is 11.8. The standard InChI is InChI=1S/C12H14N2O3S2/c1-12(2,19(3,16)17)11-14-9(7-18-11)8-5-4-6-13-10(8)15/h4-7H,1-3H3,(H,13,15). The molecule has 0 aliphatic heterocycles. The molecule has 0 saturated heterocycles. The van der Waals surface area contributed by atoms with E-state index in [0.717, 1.165) is 0 Å². The van der Waals surface area contributed by atoms with Crippen LogP contribution in [0.4, 0.5) is 0 Å². The molecule has 0 bridgehead atoms. The van der Waals surface area contributed by atoms with Crippen molar-refractivity contribution in [2.75, 3.05) is 6.26 Å². The lowest BCUT2D eigenvalue weighted by molar-refractivity contribution is 0.560. The van der Waals surface area contributed by atoms with Gasteiger partial charge in [0.15, 0.2) is 9.84 Å². The highest BCUT2D eigenvalue weighted by atomic mass is 32.2. The van der Waals surface area contributed by atoms with Gasteiger partial charge in [-0.3, -0.25) is 4.79 Å². The highest BCUT2D eigenvalue weighted by Crippen LogP contribution is 2.33. The zero-order valence-corrected chi connectivity index (χ0v) is 12.4. The van der Waals surface area contributed by atoms with Crippen molar-refractivity contribution in [3.05, 3.63) is 39.1 Å². The average Bonchev–Trinajstić information content (AvgIpc) is 2.77. The Hall–Kier alpha value is -1.47. The summed E-state index contributed by atoms with van der Waals surface area (Å²) in [5.74, 6) is 0. The zero-order chi connectivity index (χ0) is 14.3. The largest absolute Gasteiger partial charge is 0.329 e. The first-order chi connectivity index (χ1) is 8.73. The smallest absolute Gasteiger partial charge is 0.257 e. The number of thiazole rings is 1. The Bertz CT molecular complexity index is 757. The molecule has 0 radical (unpaired) electrons. The van der Waals surface area contributed by atoms with Crippen molar-refractivity contribution in [1.82, 2.24) is 9.97 Å². The molecule has 102 valence electrons. The van der Waals surface area contributed by atoms with E-state index in [9.17, 15) is 13.2 Å². The molecule has 5 nitrogen and oxygen atoms in total. The van der Waals surface area contributed by atoms with Crippen molar-refractivity contribution in [2.24, 2.45) is 0 Å². The van der Waals surface area contributed by atoms with Crippen LogP contribution in [0.3, 0.4) is 0 Å². The summed E-state index contributed by atoms with van der Waals surface area (Å²) < 4.78 is 22.5. The molecular weight excluding hydrogens is 284 g/mol. The van der Waals surface area contributed by atoms with Gasteiger partial charge >= 0.3 is 0 Å². The Labute approximate surface area is 115 Å². The van der Waals surface area contributed by atoms with Crippen LogP contribution < -0.4 is 5.56 Å². The highest BCUT2D eigenvalue weighted by molar-refractivity contribution is 7.91. The number of H-pyrrole nitrogens is 1. The van der Waals surface area contributed by atoms with Crippen LogP contribution in [0.5, 0.6) is 0 Å². The van der Waals surface area contributed by atoms with Crippen LogP contribution in [-0.4, -0.2) is 24.6 Å². The molecule has 1 N–H and O–H groups in total. The molecule has 0 aliphatic rings. The summed E-state index contributed by atoms with van der Waals surface area (Å²) in [6.07, 6.45) is 2.73. The monoisotopic (exact) mass is 298 g/mol. The van der Waals surface area contributed by atoms with E-state index in [1.54, 1.807) is 37.6 Å². The van der Waals surface area contributed by atoms with Crippen LogP contribution in [0.1, 0.15) is 18.9 Å². The third kappa shape index (κ3) is 2.48. The van der Waals surface area contributed by atoms with E-state index in [1.165, 1.54) is 17.6 Å². The van der Waals surface area contributed by atoms with Gasteiger partial charge in [0.25, 0.3) is 5.56 Å². The van der Waals surface area contributed by atoms with Gasteiger partial charge in [0, 0.05) is 17.8 Å². The van der Waals surface area contributed by atoms with Crippen LogP contribution in [-0.2, 0) is 14.6 Å². The second-order valence-corrected chi connectivity index (χ2v) is 8.16. The molecule has 0 fully saturated rings. The lowest BCUT2D eigenvalue weighted by atomic mass is 10.2. The Balaban J connectivity index is 2.52. The minimum atomic E-state index is -3.27. The average molecular weight is 298 g/mol. The summed E-state index contributed by atoms with van der Waals surface area (Å²) in [6, 6.07) is 3.36. The van der Waals surface area contributed by atoms with Gasteiger partial charge in [-0.15, -0.1) is 11.3 Å². The van der Waals surface area contributed by atoms with Gasteiger partial charge in [-0.1, -0.05) is 0 Å². The van der Waals surface area contributed by atoms with E-state index in [2.05, 4.69) is 9.97 Å². The van der Waals surface area contributed by atoms with E-state index >= 15 is 0 Å². The minimum Gasteiger partial charge on any atom is -0.329 e. The molecule has 0 unspecified atom stereocenters. The molecule has 2 aromatic rings. The fourth-order valence-corrected chi connectivity index (χ4v) is 3.25. The van der Waals surface area contributed by atoms with Crippen LogP contribution in [0.25, 0.3) is 11.3 Å². The highest BCUT2D eigenvalue weighted by Gasteiger charge is 2.35. The summed E-state index contributed by atoms with van der Waals surface area (Å²) in [5, 5.41) is 2.18. The molecule has 2 heterocycles. The van der Waals surface area contributed by atoms with Gasteiger partial charge in [-0.25, -0.2) is 13.4 Å². The third-order valence-electron chi connectivity index (χ3n) is 3.04. The predicted octanol–water partition coefficient (Wildman–Crippen LogP) is 1.78. The van der Waals surface area contributed by atoms with Gasteiger partial charge in [0.2, 0.25) is 0 Å². The number of aromatic amines is 1. The van der Waals surface area contributed by atoms with Gasteiger partial charge in [-0.05, 0) is 26.0 Å². The molecule has 0 atom stereocenters. The first-order valence-corrected chi connectivity index (χ1v) is 8.34. The number of sulfone groups is 1. The second-order valence-electron chi connectivity index (χ2n) is 4.73. The van der Waals surface area contributed by atoms with Crippen LogP contribution in [0, 0.1) is 0 Å². The Kier molecular flexibility index (Phi) is 3.36. The molecule has 2 aromatic heterocycles. The molecule has 2 rings (SSSR count). The predicted molar refractivity (Wildman–Crippen MR) is 76.0 cm³/mol. The fourth-order valence-electron chi connectivity index (χ4n) is 1.46. The van der Waals surface area contributed by atoms with Crippen LogP contribution in [0.2, 0.25) is 0 Å². The van der Waals surface area contributed by atoms with Crippen LogP contribution in [0.15, 0.2) is 28.5 Å². The Morgan fingerprint density at radius 1 is 1.37 bits per heavy atom. The minimum absolute atomic E-state index is 0.239. The summed E-state index contributed by atoms with van der Waals surface area (Å²) in [5.41, 5.74) is 0.699. The second kappa shape index (κ2) is 4.57. The fraction of sp³-hybridized carbons (Fsp3) is 0.333. The zero-order valence-electron chi connectivity index (χ0n) is 10.8. The maximum Gasteiger partial charge on any atom is 0.257 e. The number of pyridine rings is 1. The summed E-state index contributed by atoms with van der Waals surface area (Å²) in [6.45, 7) is 3.22. The SMILES string of the molecule is CC(C)(c1nc(-c2ccc[nH]c2=O)cs1)S(C)(=O)=O. The van der Waals surface area contributed by atoms with Gasteiger partial charge in [0.1, 0.15) is 9.75 Å². The maximum absolute atomic E-state index is 11.8. The summed E-state index contributed by atoms with van der Waals surface area (Å²) >= 11 is 1.24. The molecular formula is C12H14N2O3S2.